The van der Waals surface area contributed by atoms with Gasteiger partial charge < -0.3 is 13.6 Å². The van der Waals surface area contributed by atoms with Crippen molar-refractivity contribution in [2.45, 2.75) is 55.5 Å². The average molecular weight is 418 g/mol. The van der Waals surface area contributed by atoms with Crippen LogP contribution in [0.25, 0.3) is 0 Å². The lowest BCUT2D eigenvalue weighted by Crippen LogP contribution is -2.72. The van der Waals surface area contributed by atoms with Crippen molar-refractivity contribution in [3.63, 3.8) is 0 Å². The quantitative estimate of drug-likeness (QED) is 0.513. The normalized spacial score (nSPS) is 27.9. The maximum atomic E-state index is 12.2. The maximum Gasteiger partial charge on any atom is 0.371 e. The van der Waals surface area contributed by atoms with Gasteiger partial charge in [0, 0.05) is 45.1 Å². The van der Waals surface area contributed by atoms with Crippen LogP contribution in [0.1, 0.15) is 44.7 Å². The lowest BCUT2D eigenvalue weighted by Gasteiger charge is -2.56. The number of rotatable bonds is 8. The largest absolute Gasteiger partial charge is 0.396 e. The van der Waals surface area contributed by atoms with Crippen molar-refractivity contribution in [2.75, 3.05) is 21.3 Å². The Morgan fingerprint density at radius 2 is 2.00 bits per heavy atom. The second-order valence-corrected chi connectivity index (χ2v) is 12.3. The molecule has 1 saturated heterocycles. The molecule has 2 rings (SSSR count). The molecule has 4 unspecified atom stereocenters. The summed E-state index contributed by atoms with van der Waals surface area (Å²) in [5, 5.41) is -1.97. The second-order valence-electron chi connectivity index (χ2n) is 7.10. The number of aromatic nitrogens is 1. The van der Waals surface area contributed by atoms with Crippen LogP contribution in [0.5, 0.6) is 0 Å². The van der Waals surface area contributed by atoms with Gasteiger partial charge in [0.2, 0.25) is 0 Å². The summed E-state index contributed by atoms with van der Waals surface area (Å²) >= 11 is 0. The summed E-state index contributed by atoms with van der Waals surface area (Å²) in [5.74, 6) is -0.754. The summed E-state index contributed by atoms with van der Waals surface area (Å²) in [5.41, 5.74) is 0.780. The van der Waals surface area contributed by atoms with Gasteiger partial charge in [-0.25, -0.2) is 0 Å². The van der Waals surface area contributed by atoms with Gasteiger partial charge in [0.05, 0.1) is 5.25 Å². The molecule has 9 heteroatoms. The molecular weight excluding hydrogens is 386 g/mol. The van der Waals surface area contributed by atoms with Crippen molar-refractivity contribution >= 4 is 18.7 Å². The van der Waals surface area contributed by atoms with Gasteiger partial charge in [-0.15, -0.1) is 0 Å². The van der Waals surface area contributed by atoms with Crippen LogP contribution < -0.4 is 0 Å². The van der Waals surface area contributed by atoms with Crippen LogP contribution >= 0.6 is 0 Å². The third kappa shape index (κ3) is 3.73. The smallest absolute Gasteiger partial charge is 0.371 e. The number of methoxy groups -OCH3 is 1. The Bertz CT molecular complexity index is 712. The van der Waals surface area contributed by atoms with E-state index >= 15 is 0 Å². The minimum Gasteiger partial charge on any atom is -0.396 e. The molecule has 1 fully saturated rings. The van der Waals surface area contributed by atoms with E-state index in [0.717, 1.165) is 12.1 Å². The van der Waals surface area contributed by atoms with Crippen molar-refractivity contribution in [1.82, 2.24) is 4.98 Å². The molecule has 27 heavy (non-hydrogen) atoms. The lowest BCUT2D eigenvalue weighted by molar-refractivity contribution is -0.0654. The Morgan fingerprint density at radius 3 is 2.44 bits per heavy atom. The summed E-state index contributed by atoms with van der Waals surface area (Å²) in [4.78, 5) is 4.48. The van der Waals surface area contributed by atoms with E-state index in [0.29, 0.717) is 12.5 Å². The SMILES string of the molecule is CCC(C1CCC[Si](OC)(OC)C1(OC)C(C)c1ccccn1)S(=O)(=O)O. The maximum absolute atomic E-state index is 12.2. The Hall–Kier alpha value is -0.843. The molecule has 0 spiro atoms. The molecular formula is C18H31NO6SSi. The molecule has 7 nitrogen and oxygen atoms in total. The van der Waals surface area contributed by atoms with Crippen molar-refractivity contribution < 1.29 is 26.6 Å². The zero-order valence-electron chi connectivity index (χ0n) is 16.7. The highest BCUT2D eigenvalue weighted by molar-refractivity contribution is 7.86. The van der Waals surface area contributed by atoms with E-state index in [2.05, 4.69) is 4.98 Å². The van der Waals surface area contributed by atoms with Crippen molar-refractivity contribution in [3.8, 4) is 0 Å². The van der Waals surface area contributed by atoms with Gasteiger partial charge in [0.1, 0.15) is 5.22 Å². The standard InChI is InChI=1S/C18H31NO6SSi/c1-6-17(26(20,21)22)15-10-9-13-27(24-4,25-5)18(15,23-3)14(2)16-11-7-8-12-19-16/h7-8,11-12,14-15,17H,6,9-10,13H2,1-5H3,(H,20,21,22). The number of hydrogen-bond acceptors (Lipinski definition) is 6. The van der Waals surface area contributed by atoms with E-state index in [4.69, 9.17) is 13.6 Å². The van der Waals surface area contributed by atoms with Gasteiger partial charge in [0.25, 0.3) is 10.1 Å². The van der Waals surface area contributed by atoms with Crippen LogP contribution in [-0.2, 0) is 23.7 Å². The van der Waals surface area contributed by atoms with Gasteiger partial charge in [0.15, 0.2) is 0 Å². The zero-order valence-corrected chi connectivity index (χ0v) is 18.5. The molecule has 1 aliphatic heterocycles. The molecule has 1 aromatic rings. The fraction of sp³-hybridized carbons (Fsp3) is 0.722. The average Bonchev–Trinajstić information content (AvgIpc) is 2.67. The Kier molecular flexibility index (Phi) is 7.20. The molecule has 0 bridgehead atoms. The first-order valence-corrected chi connectivity index (χ1v) is 12.8. The zero-order chi connectivity index (χ0) is 20.3. The highest BCUT2D eigenvalue weighted by Gasteiger charge is 2.68. The minimum absolute atomic E-state index is 0.279. The van der Waals surface area contributed by atoms with E-state index < -0.39 is 35.1 Å². The topological polar surface area (TPSA) is 95.0 Å². The predicted octanol–water partition coefficient (Wildman–Crippen LogP) is 2.92. The van der Waals surface area contributed by atoms with E-state index in [1.165, 1.54) is 0 Å². The Morgan fingerprint density at radius 1 is 1.33 bits per heavy atom. The Balaban J connectivity index is 2.74. The van der Waals surface area contributed by atoms with Gasteiger partial charge >= 0.3 is 8.56 Å². The molecule has 2 heterocycles. The van der Waals surface area contributed by atoms with Crippen molar-refractivity contribution in [1.29, 1.82) is 0 Å². The number of ether oxygens (including phenoxy) is 1. The van der Waals surface area contributed by atoms with Crippen LogP contribution in [0.3, 0.4) is 0 Å². The molecule has 154 valence electrons. The molecule has 0 aromatic carbocycles. The van der Waals surface area contributed by atoms with E-state index in [-0.39, 0.29) is 12.3 Å². The summed E-state index contributed by atoms with van der Waals surface area (Å²) in [6, 6.07) is 6.31. The first-order chi connectivity index (χ1) is 12.7. The fourth-order valence-corrected chi connectivity index (χ4v) is 10.6. The first kappa shape index (κ1) is 22.4. The third-order valence-corrected chi connectivity index (χ3v) is 12.1. The molecule has 0 saturated carbocycles. The summed E-state index contributed by atoms with van der Waals surface area (Å²) < 4.78 is 52.6. The van der Waals surface area contributed by atoms with Crippen LogP contribution in [0.15, 0.2) is 24.4 Å². The van der Waals surface area contributed by atoms with Crippen LogP contribution in [-0.4, -0.2) is 58.3 Å². The monoisotopic (exact) mass is 417 g/mol. The Labute approximate surface area is 163 Å². The van der Waals surface area contributed by atoms with Crippen molar-refractivity contribution in [3.05, 3.63) is 30.1 Å². The minimum atomic E-state index is -4.27. The van der Waals surface area contributed by atoms with Crippen molar-refractivity contribution in [2.24, 2.45) is 5.92 Å². The summed E-state index contributed by atoms with van der Waals surface area (Å²) in [6.45, 7) is 3.74. The fourth-order valence-electron chi connectivity index (χ4n) is 5.00. The highest BCUT2D eigenvalue weighted by atomic mass is 32.2. The van der Waals surface area contributed by atoms with Gasteiger partial charge in [-0.1, -0.05) is 26.3 Å². The molecule has 0 aliphatic carbocycles. The van der Waals surface area contributed by atoms with E-state index in [1.54, 1.807) is 34.4 Å². The molecule has 1 aliphatic rings. The third-order valence-electron chi connectivity index (χ3n) is 6.17. The summed E-state index contributed by atoms with van der Waals surface area (Å²) in [6.07, 6.45) is 3.34. The van der Waals surface area contributed by atoms with Crippen LogP contribution in [0.4, 0.5) is 0 Å². The molecule has 1 aromatic heterocycles. The van der Waals surface area contributed by atoms with Crippen LogP contribution in [0.2, 0.25) is 6.04 Å². The molecule has 1 N–H and O–H groups in total. The number of pyridine rings is 1. The van der Waals surface area contributed by atoms with Crippen LogP contribution in [0, 0.1) is 5.92 Å². The highest BCUT2D eigenvalue weighted by Crippen LogP contribution is 2.53. The molecule has 0 radical (unpaired) electrons. The lowest BCUT2D eigenvalue weighted by atomic mass is 9.82. The van der Waals surface area contributed by atoms with E-state index in [1.807, 2.05) is 25.1 Å². The number of hydrogen-bond donors (Lipinski definition) is 1. The summed E-state index contributed by atoms with van der Waals surface area (Å²) in [7, 11) is -2.50. The molecule has 4 atom stereocenters. The van der Waals surface area contributed by atoms with E-state index in [9.17, 15) is 13.0 Å². The number of nitrogens with zero attached hydrogens (tertiary/aromatic N) is 1. The molecule has 0 amide bonds. The first-order valence-electron chi connectivity index (χ1n) is 9.26. The van der Waals surface area contributed by atoms with Gasteiger partial charge in [-0.3, -0.25) is 9.54 Å². The second kappa shape index (κ2) is 8.67. The van der Waals surface area contributed by atoms with Gasteiger partial charge in [-0.2, -0.15) is 8.42 Å². The van der Waals surface area contributed by atoms with Gasteiger partial charge in [-0.05, 0) is 31.0 Å². The predicted molar refractivity (Wildman–Crippen MR) is 105 cm³/mol.